The summed E-state index contributed by atoms with van der Waals surface area (Å²) in [7, 11) is 0. The standard InChI is InChI=1S/C10H8N2S2/c13-10-9(4-2-6-12-10)14-8-3-1-5-11-7-8/h1-7H,(H,12,13). The second-order valence-corrected chi connectivity index (χ2v) is 4.18. The molecule has 0 aliphatic heterocycles. The topological polar surface area (TPSA) is 28.7 Å². The monoisotopic (exact) mass is 220 g/mol. The Hall–Kier alpha value is -1.13. The fourth-order valence-electron chi connectivity index (χ4n) is 1.02. The molecule has 2 aromatic rings. The van der Waals surface area contributed by atoms with Crippen LogP contribution in [0.1, 0.15) is 0 Å². The first-order chi connectivity index (χ1) is 6.86. The van der Waals surface area contributed by atoms with Gasteiger partial charge in [0.1, 0.15) is 4.64 Å². The average Bonchev–Trinajstić information content (AvgIpc) is 2.23. The van der Waals surface area contributed by atoms with E-state index in [-0.39, 0.29) is 0 Å². The Kier molecular flexibility index (Phi) is 2.96. The van der Waals surface area contributed by atoms with E-state index in [1.165, 1.54) is 0 Å². The van der Waals surface area contributed by atoms with E-state index < -0.39 is 0 Å². The number of rotatable bonds is 2. The van der Waals surface area contributed by atoms with E-state index in [1.54, 1.807) is 18.0 Å². The minimum absolute atomic E-state index is 0.765. The van der Waals surface area contributed by atoms with Crippen molar-refractivity contribution in [2.24, 2.45) is 0 Å². The van der Waals surface area contributed by atoms with Gasteiger partial charge in [-0.05, 0) is 24.3 Å². The predicted octanol–water partition coefficient (Wildman–Crippen LogP) is 3.29. The summed E-state index contributed by atoms with van der Waals surface area (Å²) in [6.07, 6.45) is 5.41. The SMILES string of the molecule is S=c1[nH]cccc1Sc1cccnc1. The zero-order valence-electron chi connectivity index (χ0n) is 7.31. The largest absolute Gasteiger partial charge is 0.352 e. The van der Waals surface area contributed by atoms with Crippen LogP contribution in [0.2, 0.25) is 0 Å². The first-order valence-electron chi connectivity index (χ1n) is 4.12. The third-order valence-corrected chi connectivity index (χ3v) is 3.15. The molecule has 14 heavy (non-hydrogen) atoms. The van der Waals surface area contributed by atoms with Crippen molar-refractivity contribution in [1.29, 1.82) is 0 Å². The second-order valence-electron chi connectivity index (χ2n) is 2.65. The molecule has 0 saturated heterocycles. The molecule has 0 aromatic carbocycles. The zero-order valence-corrected chi connectivity index (χ0v) is 8.94. The van der Waals surface area contributed by atoms with Gasteiger partial charge in [0.2, 0.25) is 0 Å². The first-order valence-corrected chi connectivity index (χ1v) is 5.34. The van der Waals surface area contributed by atoms with Gasteiger partial charge in [-0.2, -0.15) is 0 Å². The highest BCUT2D eigenvalue weighted by atomic mass is 32.2. The van der Waals surface area contributed by atoms with Crippen molar-refractivity contribution >= 4 is 24.0 Å². The van der Waals surface area contributed by atoms with Gasteiger partial charge in [-0.15, -0.1) is 0 Å². The average molecular weight is 220 g/mol. The fraction of sp³-hybridized carbons (Fsp3) is 0. The van der Waals surface area contributed by atoms with Crippen LogP contribution in [-0.2, 0) is 0 Å². The highest BCUT2D eigenvalue weighted by molar-refractivity contribution is 7.99. The number of aromatic nitrogens is 2. The molecule has 0 aliphatic rings. The van der Waals surface area contributed by atoms with Crippen LogP contribution in [0, 0.1) is 4.64 Å². The maximum absolute atomic E-state index is 5.15. The molecule has 2 aromatic heterocycles. The van der Waals surface area contributed by atoms with Gasteiger partial charge >= 0.3 is 0 Å². The molecule has 70 valence electrons. The van der Waals surface area contributed by atoms with Gasteiger partial charge in [0.15, 0.2) is 0 Å². The van der Waals surface area contributed by atoms with Crippen LogP contribution in [0.15, 0.2) is 52.6 Å². The minimum Gasteiger partial charge on any atom is -0.352 e. The Morgan fingerprint density at radius 3 is 2.93 bits per heavy atom. The van der Waals surface area contributed by atoms with E-state index >= 15 is 0 Å². The Labute approximate surface area is 91.4 Å². The van der Waals surface area contributed by atoms with Crippen molar-refractivity contribution in [2.75, 3.05) is 0 Å². The molecule has 0 unspecified atom stereocenters. The third-order valence-electron chi connectivity index (χ3n) is 1.64. The highest BCUT2D eigenvalue weighted by Crippen LogP contribution is 2.26. The van der Waals surface area contributed by atoms with Crippen molar-refractivity contribution in [3.63, 3.8) is 0 Å². The molecule has 2 heterocycles. The summed E-state index contributed by atoms with van der Waals surface area (Å²) in [4.78, 5) is 9.19. The first kappa shape index (κ1) is 9.43. The second kappa shape index (κ2) is 4.39. The number of H-pyrrole nitrogens is 1. The number of nitrogens with one attached hydrogen (secondary N) is 1. The van der Waals surface area contributed by atoms with Crippen LogP contribution in [0.25, 0.3) is 0 Å². The van der Waals surface area contributed by atoms with E-state index in [0.29, 0.717) is 0 Å². The maximum atomic E-state index is 5.15. The molecular weight excluding hydrogens is 212 g/mol. The number of hydrogen-bond donors (Lipinski definition) is 1. The smallest absolute Gasteiger partial charge is 0.117 e. The lowest BCUT2D eigenvalue weighted by atomic mass is 10.5. The van der Waals surface area contributed by atoms with Crippen molar-refractivity contribution in [2.45, 2.75) is 9.79 Å². The summed E-state index contributed by atoms with van der Waals surface area (Å²) in [5.74, 6) is 0. The molecule has 2 nitrogen and oxygen atoms in total. The van der Waals surface area contributed by atoms with Crippen LogP contribution >= 0.6 is 24.0 Å². The lowest BCUT2D eigenvalue weighted by molar-refractivity contribution is 1.19. The summed E-state index contributed by atoms with van der Waals surface area (Å²) in [6.45, 7) is 0. The molecule has 0 amide bonds. The van der Waals surface area contributed by atoms with Crippen LogP contribution in [0.5, 0.6) is 0 Å². The van der Waals surface area contributed by atoms with Crippen molar-refractivity contribution in [3.8, 4) is 0 Å². The predicted molar refractivity (Wildman–Crippen MR) is 60.0 cm³/mol. The molecule has 2 rings (SSSR count). The maximum Gasteiger partial charge on any atom is 0.117 e. The van der Waals surface area contributed by atoms with Gasteiger partial charge in [0, 0.05) is 28.4 Å². The van der Waals surface area contributed by atoms with Gasteiger partial charge in [0.05, 0.1) is 0 Å². The van der Waals surface area contributed by atoms with Crippen molar-refractivity contribution in [1.82, 2.24) is 9.97 Å². The zero-order chi connectivity index (χ0) is 9.80. The molecule has 0 aliphatic carbocycles. The molecule has 0 saturated carbocycles. The molecular formula is C10H8N2S2. The normalized spacial score (nSPS) is 10.0. The molecule has 0 fully saturated rings. The van der Waals surface area contributed by atoms with Crippen LogP contribution in [0.3, 0.4) is 0 Å². The van der Waals surface area contributed by atoms with Gasteiger partial charge in [-0.25, -0.2) is 0 Å². The van der Waals surface area contributed by atoms with Gasteiger partial charge in [-0.1, -0.05) is 24.0 Å². The van der Waals surface area contributed by atoms with Crippen LogP contribution in [-0.4, -0.2) is 9.97 Å². The fourth-order valence-corrected chi connectivity index (χ4v) is 2.09. The van der Waals surface area contributed by atoms with Gasteiger partial charge in [-0.3, -0.25) is 4.98 Å². The Bertz CT molecular complexity index is 465. The van der Waals surface area contributed by atoms with E-state index in [2.05, 4.69) is 9.97 Å². The summed E-state index contributed by atoms with van der Waals surface area (Å²) in [5, 5.41) is 0. The minimum atomic E-state index is 0.765. The van der Waals surface area contributed by atoms with Gasteiger partial charge < -0.3 is 4.98 Å². The summed E-state index contributed by atoms with van der Waals surface area (Å²) < 4.78 is 0.765. The number of pyridine rings is 2. The van der Waals surface area contributed by atoms with Gasteiger partial charge in [0.25, 0.3) is 0 Å². The van der Waals surface area contributed by atoms with E-state index in [0.717, 1.165) is 14.4 Å². The molecule has 1 N–H and O–H groups in total. The Morgan fingerprint density at radius 1 is 1.29 bits per heavy atom. The van der Waals surface area contributed by atoms with E-state index in [4.69, 9.17) is 12.2 Å². The molecule has 4 heteroatoms. The molecule has 0 atom stereocenters. The number of nitrogens with zero attached hydrogens (tertiary/aromatic N) is 1. The Balaban J connectivity index is 2.28. The number of aromatic amines is 1. The molecule has 0 bridgehead atoms. The molecule has 0 radical (unpaired) electrons. The third kappa shape index (κ3) is 2.21. The van der Waals surface area contributed by atoms with Crippen LogP contribution in [0.4, 0.5) is 0 Å². The Morgan fingerprint density at radius 2 is 2.21 bits per heavy atom. The van der Waals surface area contributed by atoms with Crippen molar-refractivity contribution < 1.29 is 0 Å². The van der Waals surface area contributed by atoms with Crippen molar-refractivity contribution in [3.05, 3.63) is 47.5 Å². The van der Waals surface area contributed by atoms with E-state index in [1.807, 2.05) is 36.7 Å². The highest BCUT2D eigenvalue weighted by Gasteiger charge is 1.97. The lowest BCUT2D eigenvalue weighted by Crippen LogP contribution is -1.78. The van der Waals surface area contributed by atoms with Crippen LogP contribution < -0.4 is 0 Å². The number of hydrogen-bond acceptors (Lipinski definition) is 3. The van der Waals surface area contributed by atoms with E-state index in [9.17, 15) is 0 Å². The lowest BCUT2D eigenvalue weighted by Gasteiger charge is -1.99. The molecule has 0 spiro atoms. The quantitative estimate of drug-likeness (QED) is 0.787. The summed E-state index contributed by atoms with van der Waals surface area (Å²) >= 11 is 6.77. The summed E-state index contributed by atoms with van der Waals surface area (Å²) in [6, 6.07) is 7.86. The summed E-state index contributed by atoms with van der Waals surface area (Å²) in [5.41, 5.74) is 0.